The molecule has 0 spiro atoms. The van der Waals surface area contributed by atoms with Crippen LogP contribution in [-0.2, 0) is 30.4 Å². The molecule has 0 aliphatic carbocycles. The van der Waals surface area contributed by atoms with Crippen LogP contribution in [0.3, 0.4) is 0 Å². The number of ether oxygens (including phenoxy) is 2. The summed E-state index contributed by atoms with van der Waals surface area (Å²) in [6, 6.07) is 5.33. The molecule has 3 rings (SSSR count). The highest BCUT2D eigenvalue weighted by Gasteiger charge is 2.35. The zero-order valence-electron chi connectivity index (χ0n) is 20.3. The molecule has 1 aliphatic rings. The number of carbonyl (C=O) groups excluding carboxylic acids is 1. The molecule has 1 aromatic heterocycles. The summed E-state index contributed by atoms with van der Waals surface area (Å²) in [5.74, 6) is 0.0744. The van der Waals surface area contributed by atoms with Gasteiger partial charge < -0.3 is 19.3 Å². The van der Waals surface area contributed by atoms with E-state index in [9.17, 15) is 13.2 Å². The minimum Gasteiger partial charge on any atom is -0.497 e. The Balaban J connectivity index is 1.80. The molecule has 0 bridgehead atoms. The van der Waals surface area contributed by atoms with Crippen molar-refractivity contribution >= 4 is 27.2 Å². The van der Waals surface area contributed by atoms with Crippen LogP contribution in [0.1, 0.15) is 25.8 Å². The van der Waals surface area contributed by atoms with Crippen LogP contribution >= 0.6 is 0 Å². The summed E-state index contributed by atoms with van der Waals surface area (Å²) in [7, 11) is 3.23. The number of benzene rings is 1. The van der Waals surface area contributed by atoms with Crippen molar-refractivity contribution in [3.8, 4) is 5.75 Å². The minimum atomic E-state index is -4.20. The maximum atomic E-state index is 13.2. The second-order valence-electron chi connectivity index (χ2n) is 9.57. The number of rotatable bonds is 10. The van der Waals surface area contributed by atoms with E-state index in [2.05, 4.69) is 4.90 Å². The summed E-state index contributed by atoms with van der Waals surface area (Å²) in [4.78, 5) is 16.8. The molecule has 33 heavy (non-hydrogen) atoms. The number of likely N-dealkylation sites (N-methyl/N-ethyl adjacent to an activating group) is 2. The second-order valence-corrected chi connectivity index (χ2v) is 11.1. The van der Waals surface area contributed by atoms with Gasteiger partial charge in [-0.1, -0.05) is 0 Å². The van der Waals surface area contributed by atoms with Gasteiger partial charge in [0.15, 0.2) is 0 Å². The average Bonchev–Trinajstić information content (AvgIpc) is 3.33. The lowest BCUT2D eigenvalue weighted by Gasteiger charge is -2.24. The molecule has 2 heterocycles. The Morgan fingerprint density at radius 2 is 2.00 bits per heavy atom. The van der Waals surface area contributed by atoms with E-state index < -0.39 is 21.7 Å². The molecule has 1 atom stereocenters. The third-order valence-corrected chi connectivity index (χ3v) is 7.07. The smallest absolute Gasteiger partial charge is 0.366 e. The largest absolute Gasteiger partial charge is 0.497 e. The zero-order chi connectivity index (χ0) is 24.4. The number of methoxy groups -OCH3 is 1. The van der Waals surface area contributed by atoms with Crippen molar-refractivity contribution in [1.29, 1.82) is 0 Å². The first kappa shape index (κ1) is 25.5. The van der Waals surface area contributed by atoms with Crippen LogP contribution in [0.25, 0.3) is 10.9 Å². The summed E-state index contributed by atoms with van der Waals surface area (Å²) >= 11 is 0. The Bertz CT molecular complexity index is 1090. The Labute approximate surface area is 196 Å². The standard InChI is InChI=1S/C23H35N3O6S/c1-23(2,22(27)32-19-10-12-25(5)15-19)16-31-33(28,29)26-14-17(9-11-24(3)4)20-8-7-18(30-6)13-21(20)26/h7-8,13-14,19H,9-12,15-16H2,1-6H3. The Kier molecular flexibility index (Phi) is 7.73. The molecule has 0 amide bonds. The van der Waals surface area contributed by atoms with E-state index in [1.54, 1.807) is 32.2 Å². The molecule has 2 aromatic rings. The SMILES string of the molecule is COc1ccc2c(CCN(C)C)cn(S(=O)(=O)OCC(C)(C)C(=O)OC3CCN(C)C3)c2c1. The topological polar surface area (TPSA) is 90.3 Å². The van der Waals surface area contributed by atoms with Gasteiger partial charge in [0.1, 0.15) is 11.9 Å². The van der Waals surface area contributed by atoms with Crippen LogP contribution in [0.15, 0.2) is 24.4 Å². The molecule has 1 saturated heterocycles. The third-order valence-electron chi connectivity index (χ3n) is 5.87. The summed E-state index contributed by atoms with van der Waals surface area (Å²) in [5, 5.41) is 0.814. The first-order valence-corrected chi connectivity index (χ1v) is 12.4. The van der Waals surface area contributed by atoms with Crippen molar-refractivity contribution in [2.24, 2.45) is 5.41 Å². The Morgan fingerprint density at radius 1 is 1.27 bits per heavy atom. The molecule has 184 valence electrons. The fraction of sp³-hybridized carbons (Fsp3) is 0.609. The van der Waals surface area contributed by atoms with Crippen LogP contribution < -0.4 is 4.74 Å². The molecule has 0 radical (unpaired) electrons. The third kappa shape index (κ3) is 6.06. The maximum Gasteiger partial charge on any atom is 0.366 e. The molecule has 0 N–H and O–H groups in total. The van der Waals surface area contributed by atoms with Gasteiger partial charge in [-0.15, -0.1) is 0 Å². The Hall–Kier alpha value is -2.14. The predicted molar refractivity (Wildman–Crippen MR) is 127 cm³/mol. The number of esters is 1. The average molecular weight is 482 g/mol. The maximum absolute atomic E-state index is 13.2. The van der Waals surface area contributed by atoms with E-state index >= 15 is 0 Å². The highest BCUT2D eigenvalue weighted by atomic mass is 32.2. The normalized spacial score (nSPS) is 17.7. The first-order valence-electron chi connectivity index (χ1n) is 11.1. The van der Waals surface area contributed by atoms with Gasteiger partial charge in [-0.2, -0.15) is 8.42 Å². The van der Waals surface area contributed by atoms with Gasteiger partial charge in [-0.3, -0.25) is 8.98 Å². The Morgan fingerprint density at radius 3 is 2.61 bits per heavy atom. The van der Waals surface area contributed by atoms with Gasteiger partial charge >= 0.3 is 16.3 Å². The number of hydrogen-bond donors (Lipinski definition) is 0. The summed E-state index contributed by atoms with van der Waals surface area (Å²) < 4.78 is 43.8. The number of carbonyl (C=O) groups is 1. The fourth-order valence-electron chi connectivity index (χ4n) is 3.74. The quantitative estimate of drug-likeness (QED) is 0.477. The van der Waals surface area contributed by atoms with E-state index in [1.165, 1.54) is 7.11 Å². The molecule has 1 fully saturated rings. The monoisotopic (exact) mass is 481 g/mol. The minimum absolute atomic E-state index is 0.182. The summed E-state index contributed by atoms with van der Waals surface area (Å²) in [6.07, 6.45) is 2.84. The van der Waals surface area contributed by atoms with E-state index in [4.69, 9.17) is 13.7 Å². The molecule has 1 unspecified atom stereocenters. The van der Waals surface area contributed by atoms with Crippen LogP contribution in [0, 0.1) is 5.41 Å². The van der Waals surface area contributed by atoms with Crippen LogP contribution in [0.5, 0.6) is 5.75 Å². The molecule has 1 aromatic carbocycles. The van der Waals surface area contributed by atoms with Crippen molar-refractivity contribution in [1.82, 2.24) is 13.8 Å². The summed E-state index contributed by atoms with van der Waals surface area (Å²) in [5.41, 5.74) is 0.234. The highest BCUT2D eigenvalue weighted by molar-refractivity contribution is 7.85. The predicted octanol–water partition coefficient (Wildman–Crippen LogP) is 2.14. The van der Waals surface area contributed by atoms with Crippen molar-refractivity contribution in [2.45, 2.75) is 32.8 Å². The lowest BCUT2D eigenvalue weighted by molar-refractivity contribution is -0.160. The number of hydrogen-bond acceptors (Lipinski definition) is 8. The second kappa shape index (κ2) is 10.0. The number of likely N-dealkylation sites (tertiary alicyclic amines) is 1. The molecule has 10 heteroatoms. The van der Waals surface area contributed by atoms with E-state index in [-0.39, 0.29) is 12.7 Å². The van der Waals surface area contributed by atoms with Crippen molar-refractivity contribution < 1.29 is 26.9 Å². The lowest BCUT2D eigenvalue weighted by Crippen LogP contribution is -2.36. The van der Waals surface area contributed by atoms with Gasteiger partial charge in [-0.25, -0.2) is 3.97 Å². The van der Waals surface area contributed by atoms with E-state index in [0.29, 0.717) is 24.2 Å². The summed E-state index contributed by atoms with van der Waals surface area (Å²) in [6.45, 7) is 5.23. The van der Waals surface area contributed by atoms with Gasteiger partial charge in [0.25, 0.3) is 0 Å². The first-order chi connectivity index (χ1) is 15.4. The van der Waals surface area contributed by atoms with E-state index in [0.717, 1.165) is 34.4 Å². The zero-order valence-corrected chi connectivity index (χ0v) is 21.1. The van der Waals surface area contributed by atoms with Crippen molar-refractivity contribution in [3.05, 3.63) is 30.0 Å². The molecule has 0 saturated carbocycles. The molecular formula is C23H35N3O6S. The number of aromatic nitrogens is 1. The molecular weight excluding hydrogens is 446 g/mol. The van der Waals surface area contributed by atoms with Gasteiger partial charge in [0.2, 0.25) is 0 Å². The van der Waals surface area contributed by atoms with Crippen LogP contribution in [0.4, 0.5) is 0 Å². The van der Waals surface area contributed by atoms with Crippen molar-refractivity contribution in [3.63, 3.8) is 0 Å². The number of fused-ring (bicyclic) bond motifs is 1. The fourth-order valence-corrected chi connectivity index (χ4v) is 4.95. The molecule has 9 nitrogen and oxygen atoms in total. The van der Waals surface area contributed by atoms with Crippen LogP contribution in [0.2, 0.25) is 0 Å². The van der Waals surface area contributed by atoms with E-state index in [1.807, 2.05) is 32.1 Å². The van der Waals surface area contributed by atoms with Gasteiger partial charge in [0.05, 0.1) is 24.6 Å². The van der Waals surface area contributed by atoms with Crippen molar-refractivity contribution in [2.75, 3.05) is 54.5 Å². The lowest BCUT2D eigenvalue weighted by atomic mass is 9.95. The number of nitrogens with zero attached hydrogens (tertiary/aromatic N) is 3. The van der Waals surface area contributed by atoms with Gasteiger partial charge in [-0.05, 0) is 65.5 Å². The highest BCUT2D eigenvalue weighted by Crippen LogP contribution is 2.29. The van der Waals surface area contributed by atoms with Gasteiger partial charge in [0, 0.05) is 37.3 Å². The van der Waals surface area contributed by atoms with Crippen LogP contribution in [-0.4, -0.2) is 88.8 Å². The molecule has 1 aliphatic heterocycles.